The van der Waals surface area contributed by atoms with Gasteiger partial charge >= 0.3 is 0 Å². The Morgan fingerprint density at radius 1 is 1.21 bits per heavy atom. The molecule has 0 N–H and O–H groups in total. The summed E-state index contributed by atoms with van der Waals surface area (Å²) >= 11 is 3.13. The van der Waals surface area contributed by atoms with Gasteiger partial charge in [-0.25, -0.2) is 4.98 Å². The summed E-state index contributed by atoms with van der Waals surface area (Å²) in [5.74, 6) is 1.49. The van der Waals surface area contributed by atoms with Gasteiger partial charge in [-0.3, -0.25) is 0 Å². The van der Waals surface area contributed by atoms with Crippen molar-refractivity contribution in [1.82, 2.24) is 25.2 Å². The zero-order valence-electron chi connectivity index (χ0n) is 12.8. The van der Waals surface area contributed by atoms with Gasteiger partial charge in [0, 0.05) is 11.1 Å². The number of thioether (sulfide) groups is 1. The number of nitrogens with zero attached hydrogens (tertiary/aromatic N) is 5. The summed E-state index contributed by atoms with van der Waals surface area (Å²) in [7, 11) is 0. The van der Waals surface area contributed by atoms with Crippen LogP contribution in [-0.2, 0) is 5.75 Å². The van der Waals surface area contributed by atoms with Crippen LogP contribution in [0.15, 0.2) is 57.6 Å². The SMILES string of the molecule is Cc1ccc(-n2nnnc2SCc2csc(-c3ccco3)n2)cc1. The third kappa shape index (κ3) is 3.10. The molecule has 0 spiro atoms. The molecule has 0 aliphatic rings. The van der Waals surface area contributed by atoms with E-state index in [0.29, 0.717) is 5.75 Å². The summed E-state index contributed by atoms with van der Waals surface area (Å²) in [4.78, 5) is 4.59. The average Bonchev–Trinajstić information content (AvgIpc) is 3.34. The van der Waals surface area contributed by atoms with E-state index in [1.54, 1.807) is 34.0 Å². The standard InChI is InChI=1S/C16H13N5OS2/c1-11-4-6-13(7-5-11)21-16(18-19-20-21)24-10-12-9-23-15(17-12)14-3-2-8-22-14/h2-9H,10H2,1H3. The van der Waals surface area contributed by atoms with Crippen LogP contribution in [-0.4, -0.2) is 25.2 Å². The third-order valence-electron chi connectivity index (χ3n) is 3.35. The maximum atomic E-state index is 5.37. The molecule has 24 heavy (non-hydrogen) atoms. The van der Waals surface area contributed by atoms with Crippen LogP contribution in [0, 0.1) is 6.92 Å². The lowest BCUT2D eigenvalue weighted by atomic mass is 10.2. The summed E-state index contributed by atoms with van der Waals surface area (Å²) in [6.07, 6.45) is 1.65. The molecule has 3 heterocycles. The van der Waals surface area contributed by atoms with Gasteiger partial charge in [-0.1, -0.05) is 29.5 Å². The Hall–Kier alpha value is -2.45. The molecule has 3 aromatic heterocycles. The molecule has 0 unspecified atom stereocenters. The van der Waals surface area contributed by atoms with Crippen LogP contribution in [0.4, 0.5) is 0 Å². The lowest BCUT2D eigenvalue weighted by Gasteiger charge is -2.03. The second-order valence-electron chi connectivity index (χ2n) is 5.12. The average molecular weight is 355 g/mol. The van der Waals surface area contributed by atoms with E-state index in [1.807, 2.05) is 41.8 Å². The van der Waals surface area contributed by atoms with E-state index >= 15 is 0 Å². The largest absolute Gasteiger partial charge is 0.462 e. The summed E-state index contributed by atoms with van der Waals surface area (Å²) in [6, 6.07) is 11.9. The zero-order chi connectivity index (χ0) is 16.4. The molecule has 0 radical (unpaired) electrons. The first-order valence-electron chi connectivity index (χ1n) is 7.26. The maximum absolute atomic E-state index is 5.37. The number of furan rings is 1. The van der Waals surface area contributed by atoms with Crippen LogP contribution >= 0.6 is 23.1 Å². The van der Waals surface area contributed by atoms with E-state index in [9.17, 15) is 0 Å². The number of thiazole rings is 1. The molecule has 4 aromatic rings. The van der Waals surface area contributed by atoms with Gasteiger partial charge in [0.1, 0.15) is 0 Å². The van der Waals surface area contributed by atoms with Crippen molar-refractivity contribution in [2.24, 2.45) is 0 Å². The quantitative estimate of drug-likeness (QED) is 0.504. The van der Waals surface area contributed by atoms with Gasteiger partial charge in [0.05, 0.1) is 17.6 Å². The van der Waals surface area contributed by atoms with Gasteiger partial charge in [-0.05, 0) is 41.6 Å². The van der Waals surface area contributed by atoms with Gasteiger partial charge in [0.15, 0.2) is 10.8 Å². The highest BCUT2D eigenvalue weighted by Crippen LogP contribution is 2.28. The monoisotopic (exact) mass is 355 g/mol. The van der Waals surface area contributed by atoms with Crippen LogP contribution in [0.5, 0.6) is 0 Å². The lowest BCUT2D eigenvalue weighted by Crippen LogP contribution is -1.99. The first-order chi connectivity index (χ1) is 11.8. The normalized spacial score (nSPS) is 11.0. The fourth-order valence-electron chi connectivity index (χ4n) is 2.14. The van der Waals surface area contributed by atoms with E-state index in [1.165, 1.54) is 5.56 Å². The predicted molar refractivity (Wildman–Crippen MR) is 93.3 cm³/mol. The topological polar surface area (TPSA) is 69.6 Å². The number of rotatable bonds is 5. The van der Waals surface area contributed by atoms with Crippen molar-refractivity contribution in [2.45, 2.75) is 17.8 Å². The molecule has 0 aliphatic carbocycles. The van der Waals surface area contributed by atoms with Crippen molar-refractivity contribution in [3.05, 3.63) is 59.3 Å². The Morgan fingerprint density at radius 3 is 2.88 bits per heavy atom. The molecule has 0 saturated carbocycles. The molecular formula is C16H13N5OS2. The Bertz CT molecular complexity index is 928. The Morgan fingerprint density at radius 2 is 2.08 bits per heavy atom. The summed E-state index contributed by atoms with van der Waals surface area (Å²) in [6.45, 7) is 2.05. The van der Waals surface area contributed by atoms with E-state index in [-0.39, 0.29) is 0 Å². The third-order valence-corrected chi connectivity index (χ3v) is 5.21. The van der Waals surface area contributed by atoms with Gasteiger partial charge < -0.3 is 4.42 Å². The lowest BCUT2D eigenvalue weighted by molar-refractivity contribution is 0.581. The molecule has 0 aliphatic heterocycles. The highest BCUT2D eigenvalue weighted by molar-refractivity contribution is 7.98. The molecule has 1 aromatic carbocycles. The van der Waals surface area contributed by atoms with E-state index in [2.05, 4.69) is 27.4 Å². The second-order valence-corrected chi connectivity index (χ2v) is 6.92. The Labute approximate surface area is 146 Å². The molecule has 0 bridgehead atoms. The predicted octanol–water partition coefficient (Wildman–Crippen LogP) is 3.98. The first-order valence-corrected chi connectivity index (χ1v) is 9.12. The minimum atomic E-state index is 0.698. The van der Waals surface area contributed by atoms with E-state index in [0.717, 1.165) is 27.3 Å². The molecule has 0 amide bonds. The van der Waals surface area contributed by atoms with Crippen molar-refractivity contribution in [3.63, 3.8) is 0 Å². The van der Waals surface area contributed by atoms with Crippen molar-refractivity contribution in [1.29, 1.82) is 0 Å². The number of benzene rings is 1. The van der Waals surface area contributed by atoms with Crippen LogP contribution in [0.2, 0.25) is 0 Å². The van der Waals surface area contributed by atoms with E-state index < -0.39 is 0 Å². The molecule has 8 heteroatoms. The second kappa shape index (κ2) is 6.58. The summed E-state index contributed by atoms with van der Waals surface area (Å²) in [5, 5.41) is 15.6. The van der Waals surface area contributed by atoms with Gasteiger partial charge in [0.2, 0.25) is 5.16 Å². The van der Waals surface area contributed by atoms with Crippen LogP contribution < -0.4 is 0 Å². The van der Waals surface area contributed by atoms with Crippen molar-refractivity contribution < 1.29 is 4.42 Å². The van der Waals surface area contributed by atoms with Gasteiger partial charge in [0.25, 0.3) is 0 Å². The fourth-order valence-corrected chi connectivity index (χ4v) is 3.82. The number of hydrogen-bond acceptors (Lipinski definition) is 7. The van der Waals surface area contributed by atoms with Crippen LogP contribution in [0.25, 0.3) is 16.5 Å². The highest BCUT2D eigenvalue weighted by Gasteiger charge is 2.12. The molecule has 120 valence electrons. The zero-order valence-corrected chi connectivity index (χ0v) is 14.4. The van der Waals surface area contributed by atoms with Crippen LogP contribution in [0.1, 0.15) is 11.3 Å². The van der Waals surface area contributed by atoms with Crippen molar-refractivity contribution >= 4 is 23.1 Å². The summed E-state index contributed by atoms with van der Waals surface area (Å²) in [5.41, 5.74) is 3.13. The van der Waals surface area contributed by atoms with Gasteiger partial charge in [-0.2, -0.15) is 4.68 Å². The fraction of sp³-hybridized carbons (Fsp3) is 0.125. The van der Waals surface area contributed by atoms with E-state index in [4.69, 9.17) is 4.42 Å². The van der Waals surface area contributed by atoms with Gasteiger partial charge in [-0.15, -0.1) is 16.4 Å². The minimum Gasteiger partial charge on any atom is -0.462 e. The molecule has 0 saturated heterocycles. The molecule has 0 atom stereocenters. The number of tetrazole rings is 1. The maximum Gasteiger partial charge on any atom is 0.214 e. The Balaban J connectivity index is 1.49. The van der Waals surface area contributed by atoms with Crippen molar-refractivity contribution in [2.75, 3.05) is 0 Å². The van der Waals surface area contributed by atoms with Crippen LogP contribution in [0.3, 0.4) is 0 Å². The highest BCUT2D eigenvalue weighted by atomic mass is 32.2. The summed E-state index contributed by atoms with van der Waals surface area (Å²) < 4.78 is 7.11. The number of aromatic nitrogens is 5. The first kappa shape index (κ1) is 15.1. The number of aryl methyl sites for hydroxylation is 1. The molecule has 4 rings (SSSR count). The smallest absolute Gasteiger partial charge is 0.214 e. The molecule has 6 nitrogen and oxygen atoms in total. The van der Waals surface area contributed by atoms with Crippen molar-refractivity contribution in [3.8, 4) is 16.5 Å². The number of hydrogen-bond donors (Lipinski definition) is 0. The molecular weight excluding hydrogens is 342 g/mol. The molecule has 0 fully saturated rings. The minimum absolute atomic E-state index is 0.698. The Kier molecular flexibility index (Phi) is 4.14.